The number of aromatic nitrogens is 1. The zero-order valence-corrected chi connectivity index (χ0v) is 8.21. The molecule has 11 heavy (non-hydrogen) atoms. The second-order valence-corrected chi connectivity index (χ2v) is 3.70. The average molecular weight is 190 g/mol. The van der Waals surface area contributed by atoms with Crippen LogP contribution < -0.4 is 0 Å². The lowest BCUT2D eigenvalue weighted by Crippen LogP contribution is -1.87. The third-order valence-electron chi connectivity index (χ3n) is 1.47. The van der Waals surface area contributed by atoms with Gasteiger partial charge in [-0.25, -0.2) is 4.98 Å². The summed E-state index contributed by atoms with van der Waals surface area (Å²) in [5.74, 6) is 0.735. The summed E-state index contributed by atoms with van der Waals surface area (Å²) in [6, 6.07) is 0. The van der Waals surface area contributed by atoms with Crippen LogP contribution in [0, 0.1) is 0 Å². The Morgan fingerprint density at radius 1 is 1.64 bits per heavy atom. The number of hydrogen-bond donors (Lipinski definition) is 0. The molecule has 1 nitrogen and oxygen atoms in total. The van der Waals surface area contributed by atoms with Gasteiger partial charge in [-0.15, -0.1) is 22.9 Å². The largest absolute Gasteiger partial charge is 0.246 e. The Labute approximate surface area is 76.4 Å². The third kappa shape index (κ3) is 2.80. The molecule has 0 aromatic carbocycles. The first-order valence-electron chi connectivity index (χ1n) is 3.86. The maximum absolute atomic E-state index is 5.57. The second kappa shape index (κ2) is 4.73. The summed E-state index contributed by atoms with van der Waals surface area (Å²) in [7, 11) is 0. The Bertz CT molecular complexity index is 210. The van der Waals surface area contributed by atoms with Crippen molar-refractivity contribution in [3.63, 3.8) is 0 Å². The Balaban J connectivity index is 2.44. The van der Waals surface area contributed by atoms with E-state index >= 15 is 0 Å². The van der Waals surface area contributed by atoms with Gasteiger partial charge < -0.3 is 0 Å². The average Bonchev–Trinajstić information content (AvgIpc) is 2.48. The molecule has 0 aliphatic carbocycles. The Morgan fingerprint density at radius 3 is 3.00 bits per heavy atom. The number of nitrogens with zero attached hydrogens (tertiary/aromatic N) is 1. The van der Waals surface area contributed by atoms with E-state index in [4.69, 9.17) is 11.6 Å². The smallest absolute Gasteiger partial charge is 0.0925 e. The minimum atomic E-state index is 0.735. The maximum Gasteiger partial charge on any atom is 0.0925 e. The van der Waals surface area contributed by atoms with E-state index in [1.807, 2.05) is 0 Å². The molecule has 1 aromatic heterocycles. The summed E-state index contributed by atoms with van der Waals surface area (Å²) < 4.78 is 0. The minimum Gasteiger partial charge on any atom is -0.246 e. The maximum atomic E-state index is 5.57. The molecule has 0 saturated heterocycles. The summed E-state index contributed by atoms with van der Waals surface area (Å²) in [4.78, 5) is 4.43. The van der Waals surface area contributed by atoms with Crippen LogP contribution in [0.4, 0.5) is 0 Å². The number of hydrogen-bond acceptors (Lipinski definition) is 2. The van der Waals surface area contributed by atoms with Crippen molar-refractivity contribution in [3.8, 4) is 0 Å². The normalized spacial score (nSPS) is 10.4. The van der Waals surface area contributed by atoms with Crippen LogP contribution in [0.25, 0.3) is 0 Å². The second-order valence-electron chi connectivity index (χ2n) is 2.38. The van der Waals surface area contributed by atoms with Gasteiger partial charge in [0.2, 0.25) is 0 Å². The highest BCUT2D eigenvalue weighted by Gasteiger charge is 1.98. The van der Waals surface area contributed by atoms with Crippen LogP contribution in [0.1, 0.15) is 24.0 Å². The van der Waals surface area contributed by atoms with Crippen molar-refractivity contribution in [2.45, 2.75) is 26.2 Å². The van der Waals surface area contributed by atoms with Gasteiger partial charge in [0.25, 0.3) is 0 Å². The predicted octanol–water partition coefficient (Wildman–Crippen LogP) is 2.88. The number of alkyl halides is 1. The first-order chi connectivity index (χ1) is 5.36. The molecule has 62 valence electrons. The van der Waals surface area contributed by atoms with Crippen LogP contribution in [-0.4, -0.2) is 10.9 Å². The molecule has 0 bridgehead atoms. The zero-order valence-electron chi connectivity index (χ0n) is 6.64. The molecule has 0 unspecified atom stereocenters. The fourth-order valence-electron chi connectivity index (χ4n) is 0.874. The molecule has 0 saturated carbocycles. The van der Waals surface area contributed by atoms with E-state index in [0.29, 0.717) is 0 Å². The quantitative estimate of drug-likeness (QED) is 0.664. The van der Waals surface area contributed by atoms with Crippen LogP contribution >= 0.6 is 22.9 Å². The predicted molar refractivity (Wildman–Crippen MR) is 50.5 cm³/mol. The summed E-state index contributed by atoms with van der Waals surface area (Å²) >= 11 is 7.31. The van der Waals surface area contributed by atoms with Crippen LogP contribution in [0.15, 0.2) is 5.38 Å². The molecule has 1 heterocycles. The van der Waals surface area contributed by atoms with Gasteiger partial charge in [0.1, 0.15) is 0 Å². The van der Waals surface area contributed by atoms with Crippen LogP contribution in [-0.2, 0) is 12.8 Å². The van der Waals surface area contributed by atoms with Gasteiger partial charge in [-0.05, 0) is 19.3 Å². The molecule has 1 rings (SSSR count). The molecule has 0 atom stereocenters. The standard InChI is InChI=1S/C8H12ClNS/c1-2-8-10-7(6-11-8)4-3-5-9/h6H,2-5H2,1H3. The van der Waals surface area contributed by atoms with E-state index < -0.39 is 0 Å². The molecule has 0 amide bonds. The summed E-state index contributed by atoms with van der Waals surface area (Å²) in [6.07, 6.45) is 3.11. The first kappa shape index (κ1) is 9.01. The van der Waals surface area contributed by atoms with E-state index in [1.54, 1.807) is 11.3 Å². The number of thiazole rings is 1. The molecule has 0 spiro atoms. The van der Waals surface area contributed by atoms with Crippen molar-refractivity contribution < 1.29 is 0 Å². The summed E-state index contributed by atoms with van der Waals surface area (Å²) in [6.45, 7) is 2.13. The summed E-state index contributed by atoms with van der Waals surface area (Å²) in [5.41, 5.74) is 1.20. The van der Waals surface area contributed by atoms with Crippen molar-refractivity contribution in [2.24, 2.45) is 0 Å². The van der Waals surface area contributed by atoms with Crippen molar-refractivity contribution in [1.82, 2.24) is 4.98 Å². The molecule has 0 aliphatic heterocycles. The molecular weight excluding hydrogens is 178 g/mol. The van der Waals surface area contributed by atoms with E-state index in [9.17, 15) is 0 Å². The lowest BCUT2D eigenvalue weighted by Gasteiger charge is -1.90. The van der Waals surface area contributed by atoms with Crippen molar-refractivity contribution in [1.29, 1.82) is 0 Å². The topological polar surface area (TPSA) is 12.9 Å². The van der Waals surface area contributed by atoms with Crippen molar-refractivity contribution >= 4 is 22.9 Å². The molecular formula is C8H12ClNS. The monoisotopic (exact) mass is 189 g/mol. The Morgan fingerprint density at radius 2 is 2.45 bits per heavy atom. The van der Waals surface area contributed by atoms with Crippen LogP contribution in [0.3, 0.4) is 0 Å². The van der Waals surface area contributed by atoms with Crippen LogP contribution in [0.5, 0.6) is 0 Å². The highest BCUT2D eigenvalue weighted by Crippen LogP contribution is 2.11. The number of rotatable bonds is 4. The van der Waals surface area contributed by atoms with E-state index in [-0.39, 0.29) is 0 Å². The minimum absolute atomic E-state index is 0.735. The number of halogens is 1. The fourth-order valence-corrected chi connectivity index (χ4v) is 1.79. The van der Waals surface area contributed by atoms with E-state index in [0.717, 1.165) is 25.1 Å². The highest BCUT2D eigenvalue weighted by atomic mass is 35.5. The summed E-state index contributed by atoms with van der Waals surface area (Å²) in [5, 5.41) is 3.36. The van der Waals surface area contributed by atoms with E-state index in [2.05, 4.69) is 17.3 Å². The highest BCUT2D eigenvalue weighted by molar-refractivity contribution is 7.09. The van der Waals surface area contributed by atoms with E-state index in [1.165, 1.54) is 10.7 Å². The molecule has 3 heteroatoms. The van der Waals surface area contributed by atoms with Crippen LogP contribution in [0.2, 0.25) is 0 Å². The Hall–Kier alpha value is -0.0800. The van der Waals surface area contributed by atoms with Crippen molar-refractivity contribution in [2.75, 3.05) is 5.88 Å². The van der Waals surface area contributed by atoms with Gasteiger partial charge in [0.05, 0.1) is 10.7 Å². The SMILES string of the molecule is CCc1nc(CCCCl)cs1. The zero-order chi connectivity index (χ0) is 8.10. The van der Waals surface area contributed by atoms with Gasteiger partial charge >= 0.3 is 0 Å². The van der Waals surface area contributed by atoms with Crippen molar-refractivity contribution in [3.05, 3.63) is 16.1 Å². The lowest BCUT2D eigenvalue weighted by atomic mass is 10.3. The molecule has 1 aromatic rings. The van der Waals surface area contributed by atoms with Gasteiger partial charge in [0, 0.05) is 11.3 Å². The van der Waals surface area contributed by atoms with Gasteiger partial charge in [-0.2, -0.15) is 0 Å². The fraction of sp³-hybridized carbons (Fsp3) is 0.625. The number of aryl methyl sites for hydroxylation is 2. The van der Waals surface area contributed by atoms with Gasteiger partial charge in [0.15, 0.2) is 0 Å². The molecule has 0 radical (unpaired) electrons. The Kier molecular flexibility index (Phi) is 3.87. The third-order valence-corrected chi connectivity index (χ3v) is 2.78. The van der Waals surface area contributed by atoms with Gasteiger partial charge in [-0.3, -0.25) is 0 Å². The van der Waals surface area contributed by atoms with Gasteiger partial charge in [-0.1, -0.05) is 6.92 Å². The molecule has 0 fully saturated rings. The first-order valence-corrected chi connectivity index (χ1v) is 5.27. The molecule has 0 N–H and O–H groups in total. The lowest BCUT2D eigenvalue weighted by molar-refractivity contribution is 0.886. The molecule has 0 aliphatic rings.